The highest BCUT2D eigenvalue weighted by Gasteiger charge is 2.25. The lowest BCUT2D eigenvalue weighted by Crippen LogP contribution is -2.31. The van der Waals surface area contributed by atoms with Gasteiger partial charge < -0.3 is 0 Å². The zero-order valence-corrected chi connectivity index (χ0v) is 16.4. The Labute approximate surface area is 159 Å². The first-order valence-electron chi connectivity index (χ1n) is 9.10. The van der Waals surface area contributed by atoms with Crippen molar-refractivity contribution in [2.45, 2.75) is 44.4 Å². The van der Waals surface area contributed by atoms with Gasteiger partial charge in [0.2, 0.25) is 16.0 Å². The van der Waals surface area contributed by atoms with E-state index >= 15 is 0 Å². The van der Waals surface area contributed by atoms with Crippen LogP contribution in [0.15, 0.2) is 35.2 Å². The largest absolute Gasteiger partial charge is 0.290 e. The van der Waals surface area contributed by atoms with Crippen LogP contribution >= 0.6 is 0 Å². The van der Waals surface area contributed by atoms with Crippen molar-refractivity contribution >= 4 is 21.9 Å². The number of aryl methyl sites for hydroxylation is 2. The van der Waals surface area contributed by atoms with Crippen molar-refractivity contribution in [3.05, 3.63) is 47.3 Å². The third kappa shape index (κ3) is 4.70. The summed E-state index contributed by atoms with van der Waals surface area (Å²) < 4.78 is 27.1. The lowest BCUT2D eigenvalue weighted by atomic mass is 10.2. The summed E-state index contributed by atoms with van der Waals surface area (Å²) in [5, 5.41) is 2.65. The van der Waals surface area contributed by atoms with E-state index in [9.17, 15) is 13.2 Å². The number of rotatable bonds is 4. The Morgan fingerprint density at radius 2 is 1.52 bits per heavy atom. The molecular formula is C19H24N4O3S. The monoisotopic (exact) mass is 388 g/mol. The van der Waals surface area contributed by atoms with Crippen LogP contribution in [0.1, 0.15) is 47.4 Å². The van der Waals surface area contributed by atoms with Gasteiger partial charge in [-0.2, -0.15) is 4.31 Å². The van der Waals surface area contributed by atoms with Crippen LogP contribution in [0.3, 0.4) is 0 Å². The molecule has 1 amide bonds. The molecule has 0 aliphatic carbocycles. The lowest BCUT2D eigenvalue weighted by molar-refractivity contribution is 0.102. The van der Waals surface area contributed by atoms with Gasteiger partial charge in [-0.3, -0.25) is 10.1 Å². The number of aromatic nitrogens is 2. The fourth-order valence-electron chi connectivity index (χ4n) is 3.16. The van der Waals surface area contributed by atoms with Crippen LogP contribution in [0, 0.1) is 13.8 Å². The van der Waals surface area contributed by atoms with Gasteiger partial charge in [0.25, 0.3) is 5.91 Å². The van der Waals surface area contributed by atoms with Gasteiger partial charge in [-0.15, -0.1) is 0 Å². The predicted octanol–water partition coefficient (Wildman–Crippen LogP) is 2.91. The molecule has 1 aromatic heterocycles. The second-order valence-electron chi connectivity index (χ2n) is 6.77. The summed E-state index contributed by atoms with van der Waals surface area (Å²) in [6.45, 7) is 4.75. The molecule has 1 N–H and O–H groups in total. The number of carbonyl (C=O) groups excluding carboxylic acids is 1. The van der Waals surface area contributed by atoms with E-state index in [1.165, 1.54) is 24.3 Å². The highest BCUT2D eigenvalue weighted by atomic mass is 32.2. The van der Waals surface area contributed by atoms with Crippen molar-refractivity contribution in [3.63, 3.8) is 0 Å². The van der Waals surface area contributed by atoms with E-state index in [0.717, 1.165) is 37.1 Å². The number of sulfonamides is 1. The minimum atomic E-state index is -3.52. The van der Waals surface area contributed by atoms with Gasteiger partial charge in [0, 0.05) is 30.0 Å². The summed E-state index contributed by atoms with van der Waals surface area (Å²) in [5.41, 5.74) is 1.88. The van der Waals surface area contributed by atoms with Crippen LogP contribution in [0.25, 0.3) is 0 Å². The molecule has 8 heteroatoms. The number of nitrogens with one attached hydrogen (secondary N) is 1. The number of carbonyl (C=O) groups is 1. The average molecular weight is 388 g/mol. The third-order valence-electron chi connectivity index (χ3n) is 4.53. The zero-order valence-electron chi connectivity index (χ0n) is 15.6. The summed E-state index contributed by atoms with van der Waals surface area (Å²) in [6.07, 6.45) is 3.89. The molecule has 0 atom stereocenters. The molecule has 0 saturated carbocycles. The standard InChI is InChI=1S/C19H24N4O3S/c1-14-13-15(2)21-19(20-14)22-18(24)16-7-9-17(10-8-16)27(25,26)23-11-5-3-4-6-12-23/h7-10,13H,3-6,11-12H2,1-2H3,(H,20,21,22,24). The molecule has 0 unspecified atom stereocenters. The summed E-state index contributed by atoms with van der Waals surface area (Å²) in [6, 6.07) is 7.82. The van der Waals surface area contributed by atoms with Crippen LogP contribution in [0.2, 0.25) is 0 Å². The van der Waals surface area contributed by atoms with E-state index in [1.54, 1.807) is 4.31 Å². The third-order valence-corrected chi connectivity index (χ3v) is 6.44. The van der Waals surface area contributed by atoms with Gasteiger partial charge in [-0.25, -0.2) is 18.4 Å². The molecule has 1 saturated heterocycles. The molecule has 7 nitrogen and oxygen atoms in total. The molecule has 0 bridgehead atoms. The molecule has 0 spiro atoms. The van der Waals surface area contributed by atoms with Gasteiger partial charge in [0.15, 0.2) is 0 Å². The Kier molecular flexibility index (Phi) is 5.86. The van der Waals surface area contributed by atoms with Gasteiger partial charge in [0.1, 0.15) is 0 Å². The fourth-order valence-corrected chi connectivity index (χ4v) is 4.68. The van der Waals surface area contributed by atoms with E-state index in [2.05, 4.69) is 15.3 Å². The molecule has 1 aliphatic rings. The Hall–Kier alpha value is -2.32. The molecule has 2 heterocycles. The summed E-state index contributed by atoms with van der Waals surface area (Å²) in [4.78, 5) is 21.0. The van der Waals surface area contributed by atoms with E-state index in [-0.39, 0.29) is 16.8 Å². The van der Waals surface area contributed by atoms with Crippen LogP contribution in [0.5, 0.6) is 0 Å². The SMILES string of the molecule is Cc1cc(C)nc(NC(=O)c2ccc(S(=O)(=O)N3CCCCCC3)cc2)n1. The van der Waals surface area contributed by atoms with Gasteiger partial charge in [-0.1, -0.05) is 12.8 Å². The first-order chi connectivity index (χ1) is 12.9. The van der Waals surface area contributed by atoms with E-state index in [1.807, 2.05) is 19.9 Å². The van der Waals surface area contributed by atoms with E-state index < -0.39 is 10.0 Å². The smallest absolute Gasteiger partial charge is 0.258 e. The Balaban J connectivity index is 1.75. The highest BCUT2D eigenvalue weighted by Crippen LogP contribution is 2.21. The normalized spacial score (nSPS) is 15.9. The van der Waals surface area contributed by atoms with Crippen molar-refractivity contribution in [1.29, 1.82) is 0 Å². The van der Waals surface area contributed by atoms with Crippen molar-refractivity contribution < 1.29 is 13.2 Å². The zero-order chi connectivity index (χ0) is 19.4. The number of nitrogens with zero attached hydrogens (tertiary/aromatic N) is 3. The van der Waals surface area contributed by atoms with Crippen LogP contribution in [-0.4, -0.2) is 41.7 Å². The van der Waals surface area contributed by atoms with Crippen molar-refractivity contribution in [2.24, 2.45) is 0 Å². The molecule has 0 radical (unpaired) electrons. The van der Waals surface area contributed by atoms with E-state index in [0.29, 0.717) is 18.7 Å². The summed E-state index contributed by atoms with van der Waals surface area (Å²) in [5.74, 6) is -0.141. The second kappa shape index (κ2) is 8.14. The Morgan fingerprint density at radius 1 is 0.963 bits per heavy atom. The maximum absolute atomic E-state index is 12.8. The molecule has 2 aromatic rings. The summed E-state index contributed by atoms with van der Waals surface area (Å²) in [7, 11) is -3.52. The molecule has 1 aliphatic heterocycles. The first-order valence-corrected chi connectivity index (χ1v) is 10.5. The Morgan fingerprint density at radius 3 is 2.07 bits per heavy atom. The fraction of sp³-hybridized carbons (Fsp3) is 0.421. The maximum Gasteiger partial charge on any atom is 0.258 e. The van der Waals surface area contributed by atoms with E-state index in [4.69, 9.17) is 0 Å². The number of hydrogen-bond donors (Lipinski definition) is 1. The molecular weight excluding hydrogens is 364 g/mol. The molecule has 27 heavy (non-hydrogen) atoms. The predicted molar refractivity (Wildman–Crippen MR) is 103 cm³/mol. The van der Waals surface area contributed by atoms with Gasteiger partial charge >= 0.3 is 0 Å². The molecule has 144 valence electrons. The van der Waals surface area contributed by atoms with Crippen molar-refractivity contribution in [3.8, 4) is 0 Å². The van der Waals surface area contributed by atoms with Gasteiger partial charge in [0.05, 0.1) is 4.90 Å². The molecule has 1 aromatic carbocycles. The number of amides is 1. The molecule has 3 rings (SSSR count). The van der Waals surface area contributed by atoms with Crippen LogP contribution in [-0.2, 0) is 10.0 Å². The quantitative estimate of drug-likeness (QED) is 0.869. The second-order valence-corrected chi connectivity index (χ2v) is 8.71. The highest BCUT2D eigenvalue weighted by molar-refractivity contribution is 7.89. The summed E-state index contributed by atoms with van der Waals surface area (Å²) >= 11 is 0. The minimum absolute atomic E-state index is 0.212. The number of benzene rings is 1. The first kappa shape index (κ1) is 19.4. The van der Waals surface area contributed by atoms with Crippen LogP contribution in [0.4, 0.5) is 5.95 Å². The molecule has 1 fully saturated rings. The van der Waals surface area contributed by atoms with Crippen molar-refractivity contribution in [1.82, 2.24) is 14.3 Å². The topological polar surface area (TPSA) is 92.3 Å². The maximum atomic E-state index is 12.8. The number of anilines is 1. The average Bonchev–Trinajstić information content (AvgIpc) is 2.91. The van der Waals surface area contributed by atoms with Crippen LogP contribution < -0.4 is 5.32 Å². The minimum Gasteiger partial charge on any atom is -0.290 e. The lowest BCUT2D eigenvalue weighted by Gasteiger charge is -2.20. The Bertz CT molecular complexity index is 898. The van der Waals surface area contributed by atoms with Crippen molar-refractivity contribution in [2.75, 3.05) is 18.4 Å². The number of hydrogen-bond acceptors (Lipinski definition) is 5. The van der Waals surface area contributed by atoms with Gasteiger partial charge in [-0.05, 0) is 57.0 Å².